The van der Waals surface area contributed by atoms with Gasteiger partial charge >= 0.3 is 0 Å². The third kappa shape index (κ3) is 3.21. The van der Waals surface area contributed by atoms with Crippen LogP contribution in [0.5, 0.6) is 0 Å². The Labute approximate surface area is 123 Å². The molecule has 0 unspecified atom stereocenters. The Bertz CT molecular complexity index is 700. The van der Waals surface area contributed by atoms with Crippen molar-refractivity contribution in [3.8, 4) is 0 Å². The maximum absolute atomic E-state index is 12.1. The van der Waals surface area contributed by atoms with Crippen LogP contribution in [0.25, 0.3) is 0 Å². The topological polar surface area (TPSA) is 90.6 Å². The number of nitrogens with one attached hydrogen (secondary N) is 3. The number of nitrogens with zero attached hydrogens (tertiary/aromatic N) is 1. The van der Waals surface area contributed by atoms with Gasteiger partial charge < -0.3 is 10.3 Å². The molecule has 21 heavy (non-hydrogen) atoms. The number of amides is 1. The summed E-state index contributed by atoms with van der Waals surface area (Å²) in [5.74, 6) is -0.234. The van der Waals surface area contributed by atoms with Gasteiger partial charge in [0.05, 0.1) is 11.8 Å². The molecule has 0 spiro atoms. The Balaban J connectivity index is 2.19. The van der Waals surface area contributed by atoms with Crippen molar-refractivity contribution in [3.05, 3.63) is 50.7 Å². The summed E-state index contributed by atoms with van der Waals surface area (Å²) in [7, 11) is 0. The number of aromatic amines is 2. The maximum atomic E-state index is 12.1. The summed E-state index contributed by atoms with van der Waals surface area (Å²) in [5, 5.41) is 9.31. The minimum absolute atomic E-state index is 0.129. The van der Waals surface area contributed by atoms with Crippen LogP contribution < -0.4 is 10.9 Å². The molecular formula is C15H20N4O2. The standard InChI is InChI=1S/C15H20N4O2/c1-4-10-6-11(5-2)18-15(21)13(10)7-16-14(20)12-8-17-19-9(12)3/h6,8H,4-5,7H2,1-3H3,(H,16,20)(H,17,19)(H,18,21). The Hall–Kier alpha value is -2.37. The summed E-state index contributed by atoms with van der Waals surface area (Å²) < 4.78 is 0. The van der Waals surface area contributed by atoms with E-state index >= 15 is 0 Å². The molecule has 0 bridgehead atoms. The highest BCUT2D eigenvalue weighted by molar-refractivity contribution is 5.94. The first-order valence-electron chi connectivity index (χ1n) is 7.08. The van der Waals surface area contributed by atoms with E-state index < -0.39 is 0 Å². The maximum Gasteiger partial charge on any atom is 0.255 e. The highest BCUT2D eigenvalue weighted by Crippen LogP contribution is 2.08. The molecule has 2 rings (SSSR count). The van der Waals surface area contributed by atoms with Gasteiger partial charge in [-0.05, 0) is 31.4 Å². The van der Waals surface area contributed by atoms with E-state index in [-0.39, 0.29) is 18.0 Å². The fraction of sp³-hybridized carbons (Fsp3) is 0.400. The number of hydrogen-bond donors (Lipinski definition) is 3. The summed E-state index contributed by atoms with van der Waals surface area (Å²) in [6, 6.07) is 1.99. The first kappa shape index (κ1) is 15.0. The zero-order valence-corrected chi connectivity index (χ0v) is 12.5. The number of hydrogen-bond acceptors (Lipinski definition) is 3. The third-order valence-corrected chi connectivity index (χ3v) is 3.55. The summed E-state index contributed by atoms with van der Waals surface area (Å²) in [5.41, 5.74) is 3.57. The molecule has 2 heterocycles. The largest absolute Gasteiger partial charge is 0.348 e. The minimum Gasteiger partial charge on any atom is -0.348 e. The van der Waals surface area contributed by atoms with E-state index in [9.17, 15) is 9.59 Å². The Kier molecular flexibility index (Phi) is 4.57. The normalized spacial score (nSPS) is 10.6. The number of aromatic nitrogens is 3. The molecule has 0 aromatic carbocycles. The molecule has 0 aliphatic rings. The molecule has 112 valence electrons. The van der Waals surface area contributed by atoms with Crippen molar-refractivity contribution < 1.29 is 4.79 Å². The van der Waals surface area contributed by atoms with Gasteiger partial charge in [0.2, 0.25) is 0 Å². The summed E-state index contributed by atoms with van der Waals surface area (Å²) >= 11 is 0. The molecule has 6 heteroatoms. The van der Waals surface area contributed by atoms with Gasteiger partial charge in [0, 0.05) is 23.5 Å². The van der Waals surface area contributed by atoms with Crippen LogP contribution >= 0.6 is 0 Å². The van der Waals surface area contributed by atoms with Crippen LogP contribution in [0.3, 0.4) is 0 Å². The highest BCUT2D eigenvalue weighted by atomic mass is 16.2. The molecular weight excluding hydrogens is 268 g/mol. The van der Waals surface area contributed by atoms with Crippen molar-refractivity contribution in [1.82, 2.24) is 20.5 Å². The fourth-order valence-corrected chi connectivity index (χ4v) is 2.24. The average Bonchev–Trinajstić information content (AvgIpc) is 2.91. The molecule has 0 saturated heterocycles. The van der Waals surface area contributed by atoms with E-state index in [1.807, 2.05) is 19.9 Å². The molecule has 1 amide bonds. The molecule has 0 atom stereocenters. The molecule has 0 aliphatic carbocycles. The highest BCUT2D eigenvalue weighted by Gasteiger charge is 2.13. The second kappa shape index (κ2) is 6.39. The van der Waals surface area contributed by atoms with E-state index in [4.69, 9.17) is 0 Å². The van der Waals surface area contributed by atoms with E-state index in [2.05, 4.69) is 20.5 Å². The first-order chi connectivity index (χ1) is 10.1. The van der Waals surface area contributed by atoms with E-state index in [1.165, 1.54) is 6.20 Å². The van der Waals surface area contributed by atoms with Gasteiger partial charge in [-0.25, -0.2) is 0 Å². The lowest BCUT2D eigenvalue weighted by Crippen LogP contribution is -2.28. The van der Waals surface area contributed by atoms with Crippen LogP contribution in [0.15, 0.2) is 17.1 Å². The fourth-order valence-electron chi connectivity index (χ4n) is 2.24. The first-order valence-corrected chi connectivity index (χ1v) is 7.08. The Morgan fingerprint density at radius 3 is 2.67 bits per heavy atom. The van der Waals surface area contributed by atoms with Gasteiger partial charge in [-0.15, -0.1) is 0 Å². The quantitative estimate of drug-likeness (QED) is 0.778. The van der Waals surface area contributed by atoms with Gasteiger partial charge in [-0.3, -0.25) is 14.7 Å². The molecule has 0 radical (unpaired) electrons. The van der Waals surface area contributed by atoms with Crippen molar-refractivity contribution >= 4 is 5.91 Å². The summed E-state index contributed by atoms with van der Waals surface area (Å²) in [6.45, 7) is 5.99. The molecule has 0 saturated carbocycles. The lowest BCUT2D eigenvalue weighted by molar-refractivity contribution is 0.0950. The zero-order chi connectivity index (χ0) is 15.4. The lowest BCUT2D eigenvalue weighted by Gasteiger charge is -2.10. The van der Waals surface area contributed by atoms with Gasteiger partial charge in [0.15, 0.2) is 0 Å². The van der Waals surface area contributed by atoms with Gasteiger partial charge in [-0.2, -0.15) is 5.10 Å². The number of H-pyrrole nitrogens is 2. The number of carbonyl (C=O) groups is 1. The molecule has 3 N–H and O–H groups in total. The van der Waals surface area contributed by atoms with Gasteiger partial charge in [0.25, 0.3) is 11.5 Å². The number of pyridine rings is 1. The lowest BCUT2D eigenvalue weighted by atomic mass is 10.1. The Morgan fingerprint density at radius 1 is 1.33 bits per heavy atom. The smallest absolute Gasteiger partial charge is 0.255 e. The molecule has 0 fully saturated rings. The van der Waals surface area contributed by atoms with Crippen LogP contribution in [0.1, 0.15) is 46.7 Å². The van der Waals surface area contributed by atoms with Crippen LogP contribution in [-0.4, -0.2) is 21.1 Å². The molecule has 2 aromatic rings. The van der Waals surface area contributed by atoms with Crippen LogP contribution in [0.2, 0.25) is 0 Å². The van der Waals surface area contributed by atoms with Crippen molar-refractivity contribution in [2.45, 2.75) is 40.2 Å². The second-order valence-corrected chi connectivity index (χ2v) is 4.93. The van der Waals surface area contributed by atoms with Crippen molar-refractivity contribution in [3.63, 3.8) is 0 Å². The van der Waals surface area contributed by atoms with Crippen molar-refractivity contribution in [2.24, 2.45) is 0 Å². The predicted octanol–water partition coefficient (Wildman–Crippen LogP) is 1.46. The molecule has 2 aromatic heterocycles. The van der Waals surface area contributed by atoms with Crippen LogP contribution in [0.4, 0.5) is 0 Å². The summed E-state index contributed by atoms with van der Waals surface area (Å²) in [4.78, 5) is 27.0. The SMILES string of the molecule is CCc1cc(CC)c(CNC(=O)c2cn[nH]c2C)c(=O)[nH]1. The molecule has 0 aliphatic heterocycles. The average molecular weight is 288 g/mol. The van der Waals surface area contributed by atoms with Gasteiger partial charge in [-0.1, -0.05) is 13.8 Å². The number of rotatable bonds is 5. The van der Waals surface area contributed by atoms with E-state index in [0.717, 1.165) is 24.1 Å². The molecule has 6 nitrogen and oxygen atoms in total. The van der Waals surface area contributed by atoms with E-state index in [0.29, 0.717) is 16.8 Å². The monoisotopic (exact) mass is 288 g/mol. The Morgan fingerprint density at radius 2 is 2.10 bits per heavy atom. The van der Waals surface area contributed by atoms with Crippen LogP contribution in [-0.2, 0) is 19.4 Å². The zero-order valence-electron chi connectivity index (χ0n) is 12.5. The number of aryl methyl sites for hydroxylation is 3. The van der Waals surface area contributed by atoms with Crippen molar-refractivity contribution in [1.29, 1.82) is 0 Å². The van der Waals surface area contributed by atoms with Crippen molar-refractivity contribution in [2.75, 3.05) is 0 Å². The number of carbonyl (C=O) groups excluding carboxylic acids is 1. The second-order valence-electron chi connectivity index (χ2n) is 4.93. The van der Waals surface area contributed by atoms with Gasteiger partial charge in [0.1, 0.15) is 0 Å². The summed E-state index contributed by atoms with van der Waals surface area (Å²) in [6.07, 6.45) is 3.02. The predicted molar refractivity (Wildman–Crippen MR) is 80.3 cm³/mol. The van der Waals surface area contributed by atoms with Crippen LogP contribution in [0, 0.1) is 6.92 Å². The minimum atomic E-state index is -0.234. The van der Waals surface area contributed by atoms with E-state index in [1.54, 1.807) is 6.92 Å². The third-order valence-electron chi connectivity index (χ3n) is 3.55.